The molecule has 2 aromatic carbocycles. The minimum absolute atomic E-state index is 0.0608. The van der Waals surface area contributed by atoms with Crippen LogP contribution >= 0.6 is 15.9 Å². The molecule has 1 fully saturated rings. The van der Waals surface area contributed by atoms with Crippen LogP contribution in [0.2, 0.25) is 0 Å². The molecule has 1 heterocycles. The van der Waals surface area contributed by atoms with Gasteiger partial charge in [-0.15, -0.1) is 0 Å². The number of methoxy groups -OCH3 is 1. The molecule has 3 rings (SSSR count). The van der Waals surface area contributed by atoms with Crippen molar-refractivity contribution in [3.8, 4) is 11.5 Å². The molecule has 0 spiro atoms. The summed E-state index contributed by atoms with van der Waals surface area (Å²) in [6.07, 6.45) is 1.07. The van der Waals surface area contributed by atoms with Gasteiger partial charge in [-0.05, 0) is 47.7 Å². The van der Waals surface area contributed by atoms with Crippen molar-refractivity contribution in [2.75, 3.05) is 12.0 Å². The van der Waals surface area contributed by atoms with Crippen LogP contribution in [0.1, 0.15) is 5.56 Å². The fourth-order valence-corrected chi connectivity index (χ4v) is 3.08. The highest BCUT2D eigenvalue weighted by Gasteiger charge is 2.36. The predicted molar refractivity (Wildman–Crippen MR) is 102 cm³/mol. The van der Waals surface area contributed by atoms with E-state index in [4.69, 9.17) is 4.74 Å². The smallest absolute Gasteiger partial charge is 0.335 e. The Morgan fingerprint density at radius 3 is 2.41 bits per heavy atom. The molecule has 11 heteroatoms. The first kappa shape index (κ1) is 20.0. The summed E-state index contributed by atoms with van der Waals surface area (Å²) >= 11 is 2.92. The van der Waals surface area contributed by atoms with Gasteiger partial charge in [-0.25, -0.2) is 9.69 Å². The van der Waals surface area contributed by atoms with Crippen molar-refractivity contribution in [3.05, 3.63) is 62.1 Å². The number of ether oxygens (including phenoxy) is 1. The highest BCUT2D eigenvalue weighted by Crippen LogP contribution is 2.34. The molecule has 0 aromatic heterocycles. The predicted octanol–water partition coefficient (Wildman–Crippen LogP) is 2.11. The van der Waals surface area contributed by atoms with Crippen molar-refractivity contribution >= 4 is 51.2 Å². The van der Waals surface area contributed by atoms with Gasteiger partial charge in [-0.1, -0.05) is 15.9 Å². The zero-order valence-corrected chi connectivity index (χ0v) is 16.3. The number of imide groups is 2. The van der Waals surface area contributed by atoms with Crippen LogP contribution in [0.5, 0.6) is 11.5 Å². The molecule has 1 aliphatic rings. The van der Waals surface area contributed by atoms with E-state index in [0.717, 1.165) is 17.0 Å². The van der Waals surface area contributed by atoms with Crippen LogP contribution in [0.15, 0.2) is 46.4 Å². The summed E-state index contributed by atoms with van der Waals surface area (Å²) in [4.78, 5) is 48.1. The zero-order valence-electron chi connectivity index (χ0n) is 14.7. The second-order valence-corrected chi connectivity index (χ2v) is 6.62. The molecule has 1 saturated heterocycles. The minimum atomic E-state index is -0.963. The van der Waals surface area contributed by atoms with E-state index in [9.17, 15) is 29.6 Å². The Morgan fingerprint density at radius 1 is 1.17 bits per heavy atom. The largest absolute Gasteiger partial charge is 0.867 e. The zero-order chi connectivity index (χ0) is 21.3. The number of rotatable bonds is 4. The van der Waals surface area contributed by atoms with Gasteiger partial charge in [0.1, 0.15) is 11.3 Å². The molecule has 0 atom stereocenters. The van der Waals surface area contributed by atoms with Gasteiger partial charge < -0.3 is 9.84 Å². The van der Waals surface area contributed by atoms with E-state index in [1.807, 2.05) is 5.32 Å². The van der Waals surface area contributed by atoms with E-state index in [2.05, 4.69) is 15.9 Å². The average Bonchev–Trinajstić information content (AvgIpc) is 2.67. The molecule has 1 N–H and O–H groups in total. The van der Waals surface area contributed by atoms with Gasteiger partial charge in [-0.3, -0.25) is 25.0 Å². The Kier molecular flexibility index (Phi) is 5.33. The van der Waals surface area contributed by atoms with Crippen molar-refractivity contribution in [3.63, 3.8) is 0 Å². The van der Waals surface area contributed by atoms with Crippen molar-refractivity contribution in [1.82, 2.24) is 5.32 Å². The summed E-state index contributed by atoms with van der Waals surface area (Å²) in [6, 6.07) is 7.21. The summed E-state index contributed by atoms with van der Waals surface area (Å²) < 4.78 is 4.92. The van der Waals surface area contributed by atoms with Gasteiger partial charge in [0.05, 0.1) is 17.7 Å². The lowest BCUT2D eigenvalue weighted by atomic mass is 10.1. The summed E-state index contributed by atoms with van der Waals surface area (Å²) in [5.74, 6) is -2.23. The normalized spacial score (nSPS) is 15.4. The number of halogens is 1. The first-order valence-electron chi connectivity index (χ1n) is 7.93. The van der Waals surface area contributed by atoms with E-state index >= 15 is 0 Å². The van der Waals surface area contributed by atoms with E-state index < -0.39 is 39.8 Å². The van der Waals surface area contributed by atoms with Crippen molar-refractivity contribution in [1.29, 1.82) is 0 Å². The molecular formula is C18H11BrN3O7-. The lowest BCUT2D eigenvalue weighted by Gasteiger charge is -2.26. The third kappa shape index (κ3) is 3.80. The molecule has 2 aromatic rings. The highest BCUT2D eigenvalue weighted by atomic mass is 79.9. The SMILES string of the molecule is COc1ccc(N2C(=O)NC(=O)/C(=C/c3cc(Br)c([O-])c([N+](=O)[O-])c3)C2=O)cc1. The second kappa shape index (κ2) is 7.72. The van der Waals surface area contributed by atoms with Crippen molar-refractivity contribution in [2.24, 2.45) is 0 Å². The summed E-state index contributed by atoms with van der Waals surface area (Å²) in [7, 11) is 1.46. The third-order valence-electron chi connectivity index (χ3n) is 3.99. The van der Waals surface area contributed by atoms with E-state index in [-0.39, 0.29) is 15.7 Å². The van der Waals surface area contributed by atoms with Crippen LogP contribution < -0.4 is 20.1 Å². The number of hydrogen-bond donors (Lipinski definition) is 1. The molecule has 4 amide bonds. The molecule has 0 aliphatic carbocycles. The molecule has 0 saturated carbocycles. The lowest BCUT2D eigenvalue weighted by molar-refractivity contribution is -0.398. The highest BCUT2D eigenvalue weighted by molar-refractivity contribution is 9.10. The maximum atomic E-state index is 12.8. The van der Waals surface area contributed by atoms with Gasteiger partial charge in [0.2, 0.25) is 0 Å². The third-order valence-corrected chi connectivity index (χ3v) is 4.58. The van der Waals surface area contributed by atoms with Crippen molar-refractivity contribution in [2.45, 2.75) is 0 Å². The number of urea groups is 1. The van der Waals surface area contributed by atoms with Crippen LogP contribution in [0, 0.1) is 10.1 Å². The molecule has 10 nitrogen and oxygen atoms in total. The number of benzene rings is 2. The number of amides is 4. The first-order valence-corrected chi connectivity index (χ1v) is 8.72. The summed E-state index contributed by atoms with van der Waals surface area (Å²) in [5.41, 5.74) is -0.905. The Hall–Kier alpha value is -3.73. The van der Waals surface area contributed by atoms with Gasteiger partial charge in [-0.2, -0.15) is 0 Å². The van der Waals surface area contributed by atoms with E-state index in [0.29, 0.717) is 5.75 Å². The number of nitrogens with one attached hydrogen (secondary N) is 1. The molecule has 148 valence electrons. The van der Waals surface area contributed by atoms with Crippen LogP contribution in [0.25, 0.3) is 6.08 Å². The number of carbonyl (C=O) groups is 3. The van der Waals surface area contributed by atoms with Gasteiger partial charge in [0.15, 0.2) is 0 Å². The molecule has 29 heavy (non-hydrogen) atoms. The number of carbonyl (C=O) groups excluding carboxylic acids is 3. The standard InChI is InChI=1S/C18H12BrN3O7/c1-29-11-4-2-10(3-5-11)21-17(25)12(16(24)20-18(21)26)6-9-7-13(19)15(23)14(8-9)22(27)28/h2-8,23H,1H3,(H,20,24,26)/p-1/b12-6-. The topological polar surface area (TPSA) is 142 Å². The maximum absolute atomic E-state index is 12.8. The quantitative estimate of drug-likeness (QED) is 0.318. The molecule has 0 unspecified atom stereocenters. The minimum Gasteiger partial charge on any atom is -0.867 e. The van der Waals surface area contributed by atoms with Crippen LogP contribution in [0.4, 0.5) is 16.2 Å². The number of nitro benzene ring substituents is 1. The summed E-state index contributed by atoms with van der Waals surface area (Å²) in [5, 5.41) is 24.9. The number of nitrogens with zero attached hydrogens (tertiary/aromatic N) is 2. The van der Waals surface area contributed by atoms with Gasteiger partial charge in [0, 0.05) is 10.5 Å². The molecule has 1 aliphatic heterocycles. The number of nitro groups is 1. The number of hydrogen-bond acceptors (Lipinski definition) is 7. The summed E-state index contributed by atoms with van der Waals surface area (Å²) in [6.45, 7) is 0. The van der Waals surface area contributed by atoms with E-state index in [1.54, 1.807) is 0 Å². The fraction of sp³-hybridized carbons (Fsp3) is 0.0556. The average molecular weight is 461 g/mol. The maximum Gasteiger partial charge on any atom is 0.335 e. The van der Waals surface area contributed by atoms with Crippen LogP contribution in [-0.2, 0) is 9.59 Å². The Morgan fingerprint density at radius 2 is 1.83 bits per heavy atom. The molecule has 0 radical (unpaired) electrons. The van der Waals surface area contributed by atoms with E-state index in [1.165, 1.54) is 37.4 Å². The Labute approximate surface area is 171 Å². The Balaban J connectivity index is 2.04. The number of barbiturate groups is 1. The Bertz CT molecular complexity index is 1080. The van der Waals surface area contributed by atoms with Crippen molar-refractivity contribution < 1.29 is 29.2 Å². The molecular weight excluding hydrogens is 450 g/mol. The molecule has 0 bridgehead atoms. The lowest BCUT2D eigenvalue weighted by Crippen LogP contribution is -2.54. The fourth-order valence-electron chi connectivity index (χ4n) is 2.61. The first-order chi connectivity index (χ1) is 13.7. The van der Waals surface area contributed by atoms with Gasteiger partial charge >= 0.3 is 6.03 Å². The van der Waals surface area contributed by atoms with Crippen LogP contribution in [0.3, 0.4) is 0 Å². The van der Waals surface area contributed by atoms with Crippen LogP contribution in [-0.4, -0.2) is 29.9 Å². The monoisotopic (exact) mass is 460 g/mol. The number of anilines is 1. The second-order valence-electron chi connectivity index (χ2n) is 5.76. The van der Waals surface area contributed by atoms with Gasteiger partial charge in [0.25, 0.3) is 17.5 Å².